The molecule has 176 valence electrons. The summed E-state index contributed by atoms with van der Waals surface area (Å²) in [7, 11) is 6.53. The van der Waals surface area contributed by atoms with E-state index in [1.54, 1.807) is 28.4 Å². The predicted octanol–water partition coefficient (Wildman–Crippen LogP) is 4.93. The molecule has 0 aromatic heterocycles. The first-order valence-electron chi connectivity index (χ1n) is 11.2. The van der Waals surface area contributed by atoms with Gasteiger partial charge in [0, 0.05) is 56.1 Å². The average Bonchev–Trinajstić information content (AvgIpc) is 2.80. The van der Waals surface area contributed by atoms with Gasteiger partial charge in [-0.3, -0.25) is 0 Å². The minimum absolute atomic E-state index is 0.231. The molecular weight excluding hydrogens is 408 g/mol. The van der Waals surface area contributed by atoms with Crippen LogP contribution >= 0.6 is 0 Å². The summed E-state index contributed by atoms with van der Waals surface area (Å²) in [4.78, 5) is 0. The summed E-state index contributed by atoms with van der Waals surface area (Å²) in [6.45, 7) is 1.30. The number of phenols is 2. The molecular formula is C26H36O6. The van der Waals surface area contributed by atoms with Crippen molar-refractivity contribution < 1.29 is 29.2 Å². The topological polar surface area (TPSA) is 77.4 Å². The largest absolute Gasteiger partial charge is 0.507 e. The number of aromatic hydroxyl groups is 2. The summed E-state index contributed by atoms with van der Waals surface area (Å²) in [6.07, 6.45) is 5.39. The molecule has 0 saturated heterocycles. The summed E-state index contributed by atoms with van der Waals surface area (Å²) in [6, 6.07) is 8.29. The standard InChI is InChI=1S/C26H36O6/c1-29-14-18-10-22(11-19(15-30-2)24(18)27)26(8-6-5-7-9-26)23-12-20(16-31-3)25(28)21(13-23)17-32-4/h10-13,27-28H,5-9,14-17H2,1-4H3. The third-order valence-electron chi connectivity index (χ3n) is 6.55. The van der Waals surface area contributed by atoms with Crippen molar-refractivity contribution in [1.82, 2.24) is 0 Å². The van der Waals surface area contributed by atoms with E-state index in [1.807, 2.05) is 0 Å². The number of methoxy groups -OCH3 is 4. The maximum absolute atomic E-state index is 10.8. The van der Waals surface area contributed by atoms with E-state index < -0.39 is 0 Å². The van der Waals surface area contributed by atoms with Gasteiger partial charge in [0.25, 0.3) is 0 Å². The maximum atomic E-state index is 10.8. The van der Waals surface area contributed by atoms with Crippen LogP contribution in [0.4, 0.5) is 0 Å². The van der Waals surface area contributed by atoms with Gasteiger partial charge in [-0.2, -0.15) is 0 Å². The van der Waals surface area contributed by atoms with Gasteiger partial charge in [0.2, 0.25) is 0 Å². The molecule has 2 aromatic carbocycles. The molecule has 0 aliphatic heterocycles. The molecule has 1 fully saturated rings. The molecule has 0 amide bonds. The Morgan fingerprint density at radius 3 is 1.19 bits per heavy atom. The van der Waals surface area contributed by atoms with Crippen molar-refractivity contribution >= 4 is 0 Å². The van der Waals surface area contributed by atoms with Crippen molar-refractivity contribution in [1.29, 1.82) is 0 Å². The summed E-state index contributed by atoms with van der Waals surface area (Å²) < 4.78 is 21.5. The summed E-state index contributed by atoms with van der Waals surface area (Å²) >= 11 is 0. The molecule has 0 atom stereocenters. The maximum Gasteiger partial charge on any atom is 0.126 e. The molecule has 32 heavy (non-hydrogen) atoms. The predicted molar refractivity (Wildman–Crippen MR) is 123 cm³/mol. The van der Waals surface area contributed by atoms with Crippen LogP contribution in [0.2, 0.25) is 0 Å². The van der Waals surface area contributed by atoms with Gasteiger partial charge < -0.3 is 29.2 Å². The van der Waals surface area contributed by atoms with Gasteiger partial charge in [-0.15, -0.1) is 0 Å². The zero-order valence-corrected chi connectivity index (χ0v) is 19.7. The first-order chi connectivity index (χ1) is 15.5. The second-order valence-corrected chi connectivity index (χ2v) is 8.66. The number of ether oxygens (including phenoxy) is 4. The van der Waals surface area contributed by atoms with Crippen molar-refractivity contribution in [2.75, 3.05) is 28.4 Å². The van der Waals surface area contributed by atoms with Gasteiger partial charge in [-0.1, -0.05) is 19.3 Å². The van der Waals surface area contributed by atoms with Crippen LogP contribution < -0.4 is 0 Å². The van der Waals surface area contributed by atoms with E-state index in [4.69, 9.17) is 18.9 Å². The SMILES string of the molecule is COCc1cc(C2(c3cc(COC)c(O)c(COC)c3)CCCCC2)cc(COC)c1O. The Hall–Kier alpha value is -2.12. The Kier molecular flexibility index (Phi) is 8.54. The lowest BCUT2D eigenvalue weighted by molar-refractivity contribution is 0.173. The summed E-state index contributed by atoms with van der Waals surface area (Å²) in [5, 5.41) is 21.5. The highest BCUT2D eigenvalue weighted by molar-refractivity contribution is 5.53. The lowest BCUT2D eigenvalue weighted by atomic mass is 9.64. The monoisotopic (exact) mass is 444 g/mol. The second kappa shape index (κ2) is 11.1. The van der Waals surface area contributed by atoms with Gasteiger partial charge in [-0.05, 0) is 48.2 Å². The molecule has 0 radical (unpaired) electrons. The van der Waals surface area contributed by atoms with Crippen LogP contribution in [-0.4, -0.2) is 38.7 Å². The van der Waals surface area contributed by atoms with Crippen LogP contribution in [0.15, 0.2) is 24.3 Å². The van der Waals surface area contributed by atoms with E-state index in [0.717, 1.165) is 59.1 Å². The number of rotatable bonds is 10. The van der Waals surface area contributed by atoms with E-state index in [0.29, 0.717) is 26.4 Å². The molecule has 6 nitrogen and oxygen atoms in total. The van der Waals surface area contributed by atoms with E-state index >= 15 is 0 Å². The fourth-order valence-corrected chi connectivity index (χ4v) is 5.03. The van der Waals surface area contributed by atoms with Crippen LogP contribution in [0.3, 0.4) is 0 Å². The Bertz CT molecular complexity index is 780. The van der Waals surface area contributed by atoms with E-state index in [2.05, 4.69) is 24.3 Å². The molecule has 0 bridgehead atoms. The molecule has 0 unspecified atom stereocenters. The van der Waals surface area contributed by atoms with Crippen LogP contribution in [0, 0.1) is 0 Å². The number of hydrogen-bond donors (Lipinski definition) is 2. The quantitative estimate of drug-likeness (QED) is 0.541. The summed E-state index contributed by atoms with van der Waals surface area (Å²) in [5.41, 5.74) is 5.09. The molecule has 0 spiro atoms. The lowest BCUT2D eigenvalue weighted by Crippen LogP contribution is -2.31. The van der Waals surface area contributed by atoms with E-state index in [9.17, 15) is 10.2 Å². The Morgan fingerprint density at radius 1 is 0.594 bits per heavy atom. The molecule has 3 rings (SSSR count). The second-order valence-electron chi connectivity index (χ2n) is 8.66. The lowest BCUT2D eigenvalue weighted by Gasteiger charge is -2.40. The highest BCUT2D eigenvalue weighted by Crippen LogP contribution is 2.48. The highest BCUT2D eigenvalue weighted by Gasteiger charge is 2.37. The van der Waals surface area contributed by atoms with Gasteiger partial charge >= 0.3 is 0 Å². The Labute approximate surface area is 191 Å². The van der Waals surface area contributed by atoms with Crippen molar-refractivity contribution in [3.05, 3.63) is 57.6 Å². The van der Waals surface area contributed by atoms with Gasteiger partial charge in [0.1, 0.15) is 11.5 Å². The van der Waals surface area contributed by atoms with Crippen molar-refractivity contribution in [2.24, 2.45) is 0 Å². The molecule has 2 N–H and O–H groups in total. The Morgan fingerprint density at radius 2 is 0.906 bits per heavy atom. The smallest absolute Gasteiger partial charge is 0.126 e. The fraction of sp³-hybridized carbons (Fsp3) is 0.538. The molecule has 1 aliphatic carbocycles. The fourth-order valence-electron chi connectivity index (χ4n) is 5.03. The first kappa shape index (κ1) is 24.5. The zero-order valence-electron chi connectivity index (χ0n) is 19.7. The average molecular weight is 445 g/mol. The third-order valence-corrected chi connectivity index (χ3v) is 6.55. The summed E-state index contributed by atoms with van der Waals surface area (Å²) in [5.74, 6) is 0.462. The van der Waals surface area contributed by atoms with Crippen LogP contribution in [-0.2, 0) is 50.8 Å². The minimum atomic E-state index is -0.240. The Balaban J connectivity index is 2.24. The van der Waals surface area contributed by atoms with Gasteiger partial charge in [0.15, 0.2) is 0 Å². The van der Waals surface area contributed by atoms with Crippen molar-refractivity contribution in [2.45, 2.75) is 63.9 Å². The molecule has 1 saturated carbocycles. The van der Waals surface area contributed by atoms with Crippen LogP contribution in [0.5, 0.6) is 11.5 Å². The van der Waals surface area contributed by atoms with Crippen molar-refractivity contribution in [3.63, 3.8) is 0 Å². The van der Waals surface area contributed by atoms with Crippen LogP contribution in [0.25, 0.3) is 0 Å². The first-order valence-corrected chi connectivity index (χ1v) is 11.2. The highest BCUT2D eigenvalue weighted by atomic mass is 16.5. The van der Waals surface area contributed by atoms with E-state index in [1.165, 1.54) is 6.42 Å². The number of phenolic OH excluding ortho intramolecular Hbond substituents is 2. The molecule has 1 aliphatic rings. The van der Waals surface area contributed by atoms with E-state index in [-0.39, 0.29) is 16.9 Å². The third kappa shape index (κ3) is 4.94. The molecule has 2 aromatic rings. The van der Waals surface area contributed by atoms with Crippen molar-refractivity contribution in [3.8, 4) is 11.5 Å². The normalized spacial score (nSPS) is 15.8. The van der Waals surface area contributed by atoms with Gasteiger partial charge in [0.05, 0.1) is 26.4 Å². The van der Waals surface area contributed by atoms with Gasteiger partial charge in [-0.25, -0.2) is 0 Å². The number of hydrogen-bond acceptors (Lipinski definition) is 6. The molecule has 6 heteroatoms. The minimum Gasteiger partial charge on any atom is -0.507 e. The zero-order chi connectivity index (χ0) is 23.1. The molecule has 0 heterocycles. The van der Waals surface area contributed by atoms with Crippen LogP contribution in [0.1, 0.15) is 65.5 Å². The number of benzene rings is 2.